The Morgan fingerprint density at radius 3 is 2.62 bits per heavy atom. The summed E-state index contributed by atoms with van der Waals surface area (Å²) in [6, 6.07) is 8.80. The summed E-state index contributed by atoms with van der Waals surface area (Å²) in [5, 5.41) is 6.98. The Morgan fingerprint density at radius 2 is 1.90 bits per heavy atom. The van der Waals surface area contributed by atoms with Crippen LogP contribution in [0.1, 0.15) is 56.3 Å². The Kier molecular flexibility index (Phi) is 8.81. The molecule has 0 aromatic heterocycles. The van der Waals surface area contributed by atoms with Crippen molar-refractivity contribution < 1.29 is 4.74 Å². The van der Waals surface area contributed by atoms with E-state index in [1.165, 1.54) is 49.9 Å². The molecule has 1 aromatic carbocycles. The van der Waals surface area contributed by atoms with Crippen molar-refractivity contribution in [3.63, 3.8) is 0 Å². The first-order chi connectivity index (χ1) is 14.2. The minimum atomic E-state index is 0.162. The summed E-state index contributed by atoms with van der Waals surface area (Å²) in [6.07, 6.45) is 6.35. The molecule has 0 aliphatic carbocycles. The average molecular weight is 401 g/mol. The highest BCUT2D eigenvalue weighted by Crippen LogP contribution is 2.34. The van der Waals surface area contributed by atoms with Crippen LogP contribution in [0.4, 0.5) is 0 Å². The number of nitrogens with one attached hydrogen (secondary N) is 2. The number of guanidine groups is 1. The Balaban J connectivity index is 1.52. The second kappa shape index (κ2) is 11.6. The van der Waals surface area contributed by atoms with Gasteiger partial charge in [-0.15, -0.1) is 0 Å². The SMILES string of the molecule is CCNC(=NCC1CCCOC1c1ccc(C)cc1)NCCC1CCN(C)CC1. The van der Waals surface area contributed by atoms with E-state index in [0.29, 0.717) is 5.92 Å². The van der Waals surface area contributed by atoms with E-state index >= 15 is 0 Å². The molecule has 5 heteroatoms. The highest BCUT2D eigenvalue weighted by Gasteiger charge is 2.27. The Hall–Kier alpha value is -1.59. The van der Waals surface area contributed by atoms with Crippen LogP contribution in [0, 0.1) is 18.8 Å². The van der Waals surface area contributed by atoms with E-state index in [-0.39, 0.29) is 6.10 Å². The van der Waals surface area contributed by atoms with Crippen molar-refractivity contribution in [2.75, 3.05) is 46.4 Å². The van der Waals surface area contributed by atoms with Gasteiger partial charge in [0.15, 0.2) is 5.96 Å². The number of rotatable bonds is 7. The molecule has 2 fully saturated rings. The molecule has 2 saturated heterocycles. The molecule has 2 aliphatic heterocycles. The van der Waals surface area contributed by atoms with Gasteiger partial charge in [0.1, 0.15) is 0 Å². The largest absolute Gasteiger partial charge is 0.373 e. The zero-order valence-corrected chi connectivity index (χ0v) is 18.6. The first-order valence-electron chi connectivity index (χ1n) is 11.5. The average Bonchev–Trinajstić information content (AvgIpc) is 2.74. The molecule has 162 valence electrons. The van der Waals surface area contributed by atoms with Gasteiger partial charge in [-0.2, -0.15) is 0 Å². The van der Waals surface area contributed by atoms with Crippen molar-refractivity contribution in [1.82, 2.24) is 15.5 Å². The van der Waals surface area contributed by atoms with Gasteiger partial charge in [0.2, 0.25) is 0 Å². The van der Waals surface area contributed by atoms with Crippen molar-refractivity contribution in [1.29, 1.82) is 0 Å². The van der Waals surface area contributed by atoms with Gasteiger partial charge in [-0.3, -0.25) is 4.99 Å². The van der Waals surface area contributed by atoms with E-state index in [1.807, 2.05) is 0 Å². The van der Waals surface area contributed by atoms with Crippen LogP contribution < -0.4 is 10.6 Å². The topological polar surface area (TPSA) is 48.9 Å². The zero-order valence-electron chi connectivity index (χ0n) is 18.6. The molecule has 2 heterocycles. The van der Waals surface area contributed by atoms with E-state index in [0.717, 1.165) is 44.5 Å². The van der Waals surface area contributed by atoms with Gasteiger partial charge in [0.25, 0.3) is 0 Å². The quantitative estimate of drug-likeness (QED) is 0.541. The highest BCUT2D eigenvalue weighted by atomic mass is 16.5. The zero-order chi connectivity index (χ0) is 20.5. The van der Waals surface area contributed by atoms with Gasteiger partial charge in [0, 0.05) is 32.2 Å². The fourth-order valence-electron chi connectivity index (χ4n) is 4.45. The number of aryl methyl sites for hydroxylation is 1. The predicted octanol–water partition coefficient (Wildman–Crippen LogP) is 3.75. The fraction of sp³-hybridized carbons (Fsp3) is 0.708. The molecule has 3 rings (SSSR count). The summed E-state index contributed by atoms with van der Waals surface area (Å²) in [5.41, 5.74) is 2.58. The predicted molar refractivity (Wildman–Crippen MR) is 121 cm³/mol. The number of piperidine rings is 1. The van der Waals surface area contributed by atoms with E-state index in [2.05, 4.69) is 60.7 Å². The minimum Gasteiger partial charge on any atom is -0.373 e. The van der Waals surface area contributed by atoms with Crippen molar-refractivity contribution in [3.05, 3.63) is 35.4 Å². The molecule has 2 unspecified atom stereocenters. The molecule has 0 saturated carbocycles. The fourth-order valence-corrected chi connectivity index (χ4v) is 4.45. The van der Waals surface area contributed by atoms with Crippen molar-refractivity contribution >= 4 is 5.96 Å². The second-order valence-corrected chi connectivity index (χ2v) is 8.79. The van der Waals surface area contributed by atoms with E-state index in [9.17, 15) is 0 Å². The van der Waals surface area contributed by atoms with E-state index in [4.69, 9.17) is 9.73 Å². The van der Waals surface area contributed by atoms with Crippen LogP contribution in [0.2, 0.25) is 0 Å². The van der Waals surface area contributed by atoms with Gasteiger partial charge in [-0.05, 0) is 77.6 Å². The second-order valence-electron chi connectivity index (χ2n) is 8.79. The lowest BCUT2D eigenvalue weighted by molar-refractivity contribution is -0.0250. The number of nitrogens with zero attached hydrogens (tertiary/aromatic N) is 2. The molecule has 1 aromatic rings. The van der Waals surface area contributed by atoms with Crippen LogP contribution in [0.5, 0.6) is 0 Å². The monoisotopic (exact) mass is 400 g/mol. The standard InChI is InChI=1S/C24H40N4O/c1-4-25-24(26-14-11-20-12-15-28(3)16-13-20)27-18-22-6-5-17-29-23(22)21-9-7-19(2)8-10-21/h7-10,20,22-23H,4-6,11-18H2,1-3H3,(H2,25,26,27). The van der Waals surface area contributed by atoms with Crippen LogP contribution in [-0.2, 0) is 4.74 Å². The number of hydrogen-bond acceptors (Lipinski definition) is 3. The summed E-state index contributed by atoms with van der Waals surface area (Å²) in [5.74, 6) is 2.24. The number of ether oxygens (including phenoxy) is 1. The number of hydrogen-bond donors (Lipinski definition) is 2. The maximum atomic E-state index is 6.16. The molecule has 2 aliphatic rings. The Morgan fingerprint density at radius 1 is 1.14 bits per heavy atom. The van der Waals surface area contributed by atoms with Crippen LogP contribution in [0.25, 0.3) is 0 Å². The lowest BCUT2D eigenvalue weighted by atomic mass is 9.89. The minimum absolute atomic E-state index is 0.162. The van der Waals surface area contributed by atoms with Crippen LogP contribution in [-0.4, -0.2) is 57.2 Å². The van der Waals surface area contributed by atoms with Crippen LogP contribution >= 0.6 is 0 Å². The van der Waals surface area contributed by atoms with E-state index in [1.54, 1.807) is 0 Å². The highest BCUT2D eigenvalue weighted by molar-refractivity contribution is 5.79. The van der Waals surface area contributed by atoms with Gasteiger partial charge >= 0.3 is 0 Å². The number of benzene rings is 1. The lowest BCUT2D eigenvalue weighted by Gasteiger charge is -2.31. The van der Waals surface area contributed by atoms with Crippen LogP contribution in [0.3, 0.4) is 0 Å². The van der Waals surface area contributed by atoms with E-state index < -0.39 is 0 Å². The van der Waals surface area contributed by atoms with Gasteiger partial charge in [-0.25, -0.2) is 0 Å². The Bertz CT molecular complexity index is 622. The summed E-state index contributed by atoms with van der Waals surface area (Å²) in [7, 11) is 2.23. The summed E-state index contributed by atoms with van der Waals surface area (Å²) < 4.78 is 6.16. The van der Waals surface area contributed by atoms with Gasteiger partial charge in [-0.1, -0.05) is 29.8 Å². The lowest BCUT2D eigenvalue weighted by Crippen LogP contribution is -2.39. The molecule has 0 radical (unpaired) electrons. The first-order valence-corrected chi connectivity index (χ1v) is 11.5. The summed E-state index contributed by atoms with van der Waals surface area (Å²) >= 11 is 0. The van der Waals surface area contributed by atoms with Crippen molar-refractivity contribution in [2.24, 2.45) is 16.8 Å². The van der Waals surface area contributed by atoms with Crippen molar-refractivity contribution in [2.45, 2.75) is 52.1 Å². The molecule has 29 heavy (non-hydrogen) atoms. The number of aliphatic imine (C=N–C) groups is 1. The molecular formula is C24H40N4O. The third kappa shape index (κ3) is 7.00. The molecule has 5 nitrogen and oxygen atoms in total. The molecule has 0 amide bonds. The maximum Gasteiger partial charge on any atom is 0.191 e. The third-order valence-electron chi connectivity index (χ3n) is 6.36. The molecule has 0 spiro atoms. The molecular weight excluding hydrogens is 360 g/mol. The van der Waals surface area contributed by atoms with Gasteiger partial charge in [0.05, 0.1) is 6.10 Å². The smallest absolute Gasteiger partial charge is 0.191 e. The molecule has 2 atom stereocenters. The molecule has 0 bridgehead atoms. The maximum absolute atomic E-state index is 6.16. The summed E-state index contributed by atoms with van der Waals surface area (Å²) in [4.78, 5) is 7.37. The van der Waals surface area contributed by atoms with Crippen molar-refractivity contribution in [3.8, 4) is 0 Å². The summed E-state index contributed by atoms with van der Waals surface area (Å²) in [6.45, 7) is 10.3. The van der Waals surface area contributed by atoms with Crippen LogP contribution in [0.15, 0.2) is 29.3 Å². The van der Waals surface area contributed by atoms with Gasteiger partial charge < -0.3 is 20.3 Å². The first kappa shape index (κ1) is 22.1. The number of likely N-dealkylation sites (tertiary alicyclic amines) is 1. The Labute approximate surface area is 177 Å². The molecule has 2 N–H and O–H groups in total. The third-order valence-corrected chi connectivity index (χ3v) is 6.36. The normalized spacial score (nSPS) is 24.4.